The Morgan fingerprint density at radius 2 is 1.27 bits per heavy atom. The van der Waals surface area contributed by atoms with E-state index in [1.807, 2.05) is 0 Å². The summed E-state index contributed by atoms with van der Waals surface area (Å²) in [5.41, 5.74) is 0. The van der Waals surface area contributed by atoms with Crippen molar-refractivity contribution in [3.63, 3.8) is 0 Å². The van der Waals surface area contributed by atoms with E-state index < -0.39 is 0 Å². The first-order chi connectivity index (χ1) is 12.5. The molecule has 26 heavy (non-hydrogen) atoms. The first-order valence-electron chi connectivity index (χ1n) is 11.2. The fourth-order valence-corrected chi connectivity index (χ4v) is 3.33. The molecule has 0 aromatic rings. The van der Waals surface area contributed by atoms with Gasteiger partial charge in [0.25, 0.3) is 0 Å². The largest absolute Gasteiger partial charge is 0.391 e. The van der Waals surface area contributed by atoms with Crippen LogP contribution in [0.4, 0.5) is 0 Å². The molecule has 0 aliphatic carbocycles. The molecule has 0 atom stereocenters. The minimum atomic E-state index is 0.199. The van der Waals surface area contributed by atoms with Crippen molar-refractivity contribution in [2.75, 3.05) is 40.3 Å². The number of rotatable bonds is 19. The van der Waals surface area contributed by atoms with Gasteiger partial charge in [0.05, 0.1) is 27.2 Å². The molecule has 0 aromatic heterocycles. The molecule has 0 radical (unpaired) electrons. The predicted octanol–water partition coefficient (Wildman–Crippen LogP) is 4.65. The number of hydrogen-bond acceptors (Lipinski definition) is 2. The maximum atomic E-state index is 11.8. The van der Waals surface area contributed by atoms with Gasteiger partial charge in [0.1, 0.15) is 6.54 Å². The average Bonchev–Trinajstić information content (AvgIpc) is 2.59. The summed E-state index contributed by atoms with van der Waals surface area (Å²) in [7, 11) is 4.23. The third kappa shape index (κ3) is 18.2. The molecule has 1 amide bonds. The molecule has 0 rings (SSSR count). The fraction of sp³-hybridized carbons (Fsp3) is 0.955. The highest BCUT2D eigenvalue weighted by atomic mass is 16.3. The molecule has 156 valence electrons. The van der Waals surface area contributed by atoms with Crippen molar-refractivity contribution in [3.05, 3.63) is 0 Å². The number of unbranched alkanes of at least 4 members (excludes halogenated alkanes) is 11. The number of nitrogens with one attached hydrogen (secondary N) is 1. The van der Waals surface area contributed by atoms with Crippen LogP contribution < -0.4 is 5.32 Å². The van der Waals surface area contributed by atoms with Gasteiger partial charge in [0, 0.05) is 19.4 Å². The van der Waals surface area contributed by atoms with Crippen molar-refractivity contribution in [2.45, 2.75) is 96.8 Å². The molecule has 0 aliphatic rings. The number of amides is 1. The van der Waals surface area contributed by atoms with Crippen molar-refractivity contribution in [3.8, 4) is 0 Å². The normalized spacial score (nSPS) is 11.7. The molecule has 0 aliphatic heterocycles. The molecule has 0 saturated carbocycles. The van der Waals surface area contributed by atoms with Crippen LogP contribution in [-0.4, -0.2) is 55.8 Å². The van der Waals surface area contributed by atoms with Crippen molar-refractivity contribution in [1.29, 1.82) is 0 Å². The monoisotopic (exact) mass is 371 g/mol. The molecular weight excluding hydrogens is 324 g/mol. The molecule has 0 aromatic carbocycles. The second-order valence-corrected chi connectivity index (χ2v) is 8.45. The van der Waals surface area contributed by atoms with Crippen molar-refractivity contribution in [1.82, 2.24) is 5.32 Å². The van der Waals surface area contributed by atoms with Gasteiger partial charge in [0.2, 0.25) is 5.91 Å². The van der Waals surface area contributed by atoms with Crippen LogP contribution in [0.25, 0.3) is 0 Å². The van der Waals surface area contributed by atoms with E-state index in [-0.39, 0.29) is 12.5 Å². The van der Waals surface area contributed by atoms with Gasteiger partial charge in [-0.3, -0.25) is 4.79 Å². The number of aliphatic hydroxyl groups is 1. The van der Waals surface area contributed by atoms with E-state index in [0.717, 1.165) is 37.0 Å². The number of hydrogen-bond donors (Lipinski definition) is 2. The summed E-state index contributed by atoms with van der Waals surface area (Å²) in [5, 5.41) is 12.0. The quantitative estimate of drug-likeness (QED) is 0.256. The Kier molecular flexibility index (Phi) is 17.4. The first kappa shape index (κ1) is 25.4. The van der Waals surface area contributed by atoms with Crippen molar-refractivity contribution < 1.29 is 14.4 Å². The standard InChI is InChI=1S/C22H46N2O2/c1-4-5-6-7-8-9-10-11-12-13-14-15-17-22(26)23-18-16-19-24(2,3)20-21-25/h25H,4-21H2,1-3H3/p+1. The molecule has 4 heteroatoms. The zero-order valence-electron chi connectivity index (χ0n) is 18.0. The van der Waals surface area contributed by atoms with E-state index in [1.165, 1.54) is 70.6 Å². The molecule has 4 nitrogen and oxygen atoms in total. The van der Waals surface area contributed by atoms with Crippen LogP contribution in [0.5, 0.6) is 0 Å². The Labute approximate surface area is 163 Å². The number of carbonyl (C=O) groups is 1. The van der Waals surface area contributed by atoms with Crippen LogP contribution in [0.1, 0.15) is 96.8 Å². The zero-order chi connectivity index (χ0) is 19.5. The van der Waals surface area contributed by atoms with Gasteiger partial charge in [0.15, 0.2) is 0 Å². The highest BCUT2D eigenvalue weighted by Gasteiger charge is 2.13. The maximum absolute atomic E-state index is 11.8. The lowest BCUT2D eigenvalue weighted by Gasteiger charge is -2.28. The predicted molar refractivity (Wildman–Crippen MR) is 112 cm³/mol. The fourth-order valence-electron chi connectivity index (χ4n) is 3.33. The second-order valence-electron chi connectivity index (χ2n) is 8.45. The summed E-state index contributed by atoms with van der Waals surface area (Å²) in [5.74, 6) is 0.199. The lowest BCUT2D eigenvalue weighted by molar-refractivity contribution is -0.890. The first-order valence-corrected chi connectivity index (χ1v) is 11.2. The molecule has 2 N–H and O–H groups in total. The average molecular weight is 372 g/mol. The Bertz CT molecular complexity index is 319. The van der Waals surface area contributed by atoms with E-state index in [2.05, 4.69) is 26.3 Å². The summed E-state index contributed by atoms with van der Waals surface area (Å²) in [4.78, 5) is 11.8. The highest BCUT2D eigenvalue weighted by Crippen LogP contribution is 2.12. The summed E-state index contributed by atoms with van der Waals surface area (Å²) < 4.78 is 0.811. The van der Waals surface area contributed by atoms with E-state index in [4.69, 9.17) is 5.11 Å². The van der Waals surface area contributed by atoms with E-state index in [1.54, 1.807) is 0 Å². The molecule has 0 fully saturated rings. The number of nitrogens with zero attached hydrogens (tertiary/aromatic N) is 1. The lowest BCUT2D eigenvalue weighted by atomic mass is 10.0. The Morgan fingerprint density at radius 1 is 0.769 bits per heavy atom. The van der Waals surface area contributed by atoms with Crippen LogP contribution >= 0.6 is 0 Å². The number of quaternary nitrogens is 1. The van der Waals surface area contributed by atoms with E-state index in [0.29, 0.717) is 6.42 Å². The van der Waals surface area contributed by atoms with Gasteiger partial charge in [-0.1, -0.05) is 77.6 Å². The minimum Gasteiger partial charge on any atom is -0.391 e. The van der Waals surface area contributed by atoms with Gasteiger partial charge in [-0.05, 0) is 6.42 Å². The van der Waals surface area contributed by atoms with Gasteiger partial charge < -0.3 is 14.9 Å². The minimum absolute atomic E-state index is 0.199. The zero-order valence-corrected chi connectivity index (χ0v) is 18.0. The van der Waals surface area contributed by atoms with Crippen molar-refractivity contribution >= 4 is 5.91 Å². The smallest absolute Gasteiger partial charge is 0.219 e. The van der Waals surface area contributed by atoms with Gasteiger partial charge in [-0.2, -0.15) is 0 Å². The van der Waals surface area contributed by atoms with E-state index in [9.17, 15) is 4.79 Å². The van der Waals surface area contributed by atoms with Crippen LogP contribution in [0.15, 0.2) is 0 Å². The summed E-state index contributed by atoms with van der Waals surface area (Å²) in [6.45, 7) is 5.00. The Balaban J connectivity index is 3.29. The molecule has 0 bridgehead atoms. The van der Waals surface area contributed by atoms with E-state index >= 15 is 0 Å². The summed E-state index contributed by atoms with van der Waals surface area (Å²) in [6.07, 6.45) is 17.6. The van der Waals surface area contributed by atoms with Gasteiger partial charge >= 0.3 is 0 Å². The highest BCUT2D eigenvalue weighted by molar-refractivity contribution is 5.75. The van der Waals surface area contributed by atoms with Crippen LogP contribution in [0.2, 0.25) is 0 Å². The third-order valence-electron chi connectivity index (χ3n) is 5.23. The number of aliphatic hydroxyl groups excluding tert-OH is 1. The van der Waals surface area contributed by atoms with Crippen LogP contribution in [-0.2, 0) is 4.79 Å². The molecule has 0 saturated heterocycles. The lowest BCUT2D eigenvalue weighted by Crippen LogP contribution is -2.43. The molecular formula is C22H47N2O2+. The SMILES string of the molecule is CCCCCCCCCCCCCCC(=O)NCCC[N+](C)(C)CCO. The molecule has 0 heterocycles. The third-order valence-corrected chi connectivity index (χ3v) is 5.23. The van der Waals surface area contributed by atoms with Crippen molar-refractivity contribution in [2.24, 2.45) is 0 Å². The molecule has 0 spiro atoms. The maximum Gasteiger partial charge on any atom is 0.219 e. The van der Waals surface area contributed by atoms with Crippen LogP contribution in [0, 0.1) is 0 Å². The van der Waals surface area contributed by atoms with Gasteiger partial charge in [-0.15, -0.1) is 0 Å². The summed E-state index contributed by atoms with van der Waals surface area (Å²) in [6, 6.07) is 0. The van der Waals surface area contributed by atoms with Crippen LogP contribution in [0.3, 0.4) is 0 Å². The second kappa shape index (κ2) is 17.8. The number of likely N-dealkylation sites (N-methyl/N-ethyl adjacent to an activating group) is 1. The van der Waals surface area contributed by atoms with Gasteiger partial charge in [-0.25, -0.2) is 0 Å². The Hall–Kier alpha value is -0.610. The topological polar surface area (TPSA) is 49.3 Å². The number of carbonyl (C=O) groups excluding carboxylic acids is 1. The summed E-state index contributed by atoms with van der Waals surface area (Å²) >= 11 is 0. The Morgan fingerprint density at radius 3 is 1.77 bits per heavy atom. The molecule has 0 unspecified atom stereocenters.